The van der Waals surface area contributed by atoms with E-state index in [4.69, 9.17) is 4.74 Å². The molecule has 0 unspecified atom stereocenters. The molecule has 1 aromatic heterocycles. The van der Waals surface area contributed by atoms with E-state index >= 15 is 0 Å². The molecule has 1 aliphatic rings. The molecule has 2 amide bonds. The average Bonchev–Trinajstić information content (AvgIpc) is 3.31. The van der Waals surface area contributed by atoms with E-state index in [9.17, 15) is 9.59 Å². The van der Waals surface area contributed by atoms with Crippen molar-refractivity contribution in [2.75, 3.05) is 17.2 Å². The maximum atomic E-state index is 12.4. The molecular weight excluding hydrogens is 398 g/mol. The molecule has 4 rings (SSSR count). The van der Waals surface area contributed by atoms with Crippen molar-refractivity contribution in [2.24, 2.45) is 0 Å². The van der Waals surface area contributed by atoms with Crippen molar-refractivity contribution in [2.45, 2.75) is 33.1 Å². The van der Waals surface area contributed by atoms with Gasteiger partial charge in [-0.2, -0.15) is 0 Å². The van der Waals surface area contributed by atoms with Crippen LogP contribution in [0.2, 0.25) is 0 Å². The summed E-state index contributed by atoms with van der Waals surface area (Å²) in [6, 6.07) is 11.8. The van der Waals surface area contributed by atoms with Crippen LogP contribution in [-0.2, 0) is 16.0 Å². The summed E-state index contributed by atoms with van der Waals surface area (Å²) in [4.78, 5) is 28.4. The number of thiazole rings is 1. The van der Waals surface area contributed by atoms with Crippen molar-refractivity contribution in [1.82, 2.24) is 4.98 Å². The minimum absolute atomic E-state index is 0.00242. The fraction of sp³-hybridized carbons (Fsp3) is 0.261. The summed E-state index contributed by atoms with van der Waals surface area (Å²) in [5.41, 5.74) is 5.66. The topological polar surface area (TPSA) is 80.3 Å². The normalized spacial score (nSPS) is 12.6. The van der Waals surface area contributed by atoms with Gasteiger partial charge in [0.05, 0.1) is 12.1 Å². The Bertz CT molecular complexity index is 1120. The van der Waals surface area contributed by atoms with Crippen molar-refractivity contribution < 1.29 is 14.3 Å². The van der Waals surface area contributed by atoms with Crippen molar-refractivity contribution in [1.29, 1.82) is 0 Å². The largest absolute Gasteiger partial charge is 0.483 e. The molecule has 0 saturated heterocycles. The lowest BCUT2D eigenvalue weighted by molar-refractivity contribution is -0.118. The third-order valence-electron chi connectivity index (χ3n) is 4.93. The maximum absolute atomic E-state index is 12.4. The minimum atomic E-state index is -0.254. The van der Waals surface area contributed by atoms with Crippen LogP contribution in [0.1, 0.15) is 36.5 Å². The Hall–Kier alpha value is -3.19. The lowest BCUT2D eigenvalue weighted by Gasteiger charge is -2.14. The van der Waals surface area contributed by atoms with E-state index in [-0.39, 0.29) is 18.4 Å². The first-order valence-corrected chi connectivity index (χ1v) is 10.7. The van der Waals surface area contributed by atoms with Gasteiger partial charge in [-0.15, -0.1) is 11.3 Å². The quantitative estimate of drug-likeness (QED) is 0.602. The van der Waals surface area contributed by atoms with Gasteiger partial charge in [-0.3, -0.25) is 14.9 Å². The summed E-state index contributed by atoms with van der Waals surface area (Å²) < 4.78 is 5.79. The van der Waals surface area contributed by atoms with Gasteiger partial charge in [-0.25, -0.2) is 4.98 Å². The highest BCUT2D eigenvalue weighted by Crippen LogP contribution is 2.31. The number of carbonyl (C=O) groups is 2. The smallest absolute Gasteiger partial charge is 0.264 e. The molecule has 7 heteroatoms. The minimum Gasteiger partial charge on any atom is -0.483 e. The van der Waals surface area contributed by atoms with Crippen LogP contribution >= 0.6 is 11.3 Å². The lowest BCUT2D eigenvalue weighted by Crippen LogP contribution is -2.20. The van der Waals surface area contributed by atoms with Crippen molar-refractivity contribution in [3.8, 4) is 17.0 Å². The standard InChI is InChI=1S/C23H23N3O3S/c1-13(2)17-6-4-14(3)8-20(17)29-11-22(28)26-23-25-19(12-30-23)15-5-7-18-16(9-15)10-21(27)24-18/h4-9,12-13H,10-11H2,1-3H3,(H,24,27)(H,25,26,28). The Kier molecular flexibility index (Phi) is 5.55. The highest BCUT2D eigenvalue weighted by molar-refractivity contribution is 7.14. The number of carbonyl (C=O) groups excluding carboxylic acids is 2. The number of rotatable bonds is 6. The van der Waals surface area contributed by atoms with Gasteiger partial charge < -0.3 is 10.1 Å². The zero-order chi connectivity index (χ0) is 21.3. The first-order valence-electron chi connectivity index (χ1n) is 9.81. The predicted octanol–water partition coefficient (Wildman–Crippen LogP) is 4.75. The first-order chi connectivity index (χ1) is 14.4. The maximum Gasteiger partial charge on any atom is 0.264 e. The molecule has 0 fully saturated rings. The number of benzene rings is 2. The van der Waals surface area contributed by atoms with Crippen molar-refractivity contribution in [3.63, 3.8) is 0 Å². The number of aromatic nitrogens is 1. The highest BCUT2D eigenvalue weighted by Gasteiger charge is 2.18. The fourth-order valence-corrected chi connectivity index (χ4v) is 4.13. The molecular formula is C23H23N3O3S. The van der Waals surface area contributed by atoms with Crippen LogP contribution < -0.4 is 15.4 Å². The molecule has 154 valence electrons. The number of nitrogens with one attached hydrogen (secondary N) is 2. The lowest BCUT2D eigenvalue weighted by atomic mass is 10.0. The molecule has 3 aromatic rings. The number of anilines is 2. The summed E-state index contributed by atoms with van der Waals surface area (Å²) in [5, 5.41) is 8.03. The summed E-state index contributed by atoms with van der Waals surface area (Å²) in [5.74, 6) is 0.794. The van der Waals surface area contributed by atoms with E-state index < -0.39 is 0 Å². The number of nitrogens with zero attached hydrogens (tertiary/aromatic N) is 1. The van der Waals surface area contributed by atoms with Gasteiger partial charge in [-0.1, -0.05) is 32.0 Å². The number of hydrogen-bond donors (Lipinski definition) is 2. The van der Waals surface area contributed by atoms with Gasteiger partial charge in [0.15, 0.2) is 11.7 Å². The van der Waals surface area contributed by atoms with Crippen LogP contribution in [0.15, 0.2) is 41.8 Å². The summed E-state index contributed by atoms with van der Waals surface area (Å²) in [6.07, 6.45) is 0.381. The Balaban J connectivity index is 1.40. The predicted molar refractivity (Wildman–Crippen MR) is 119 cm³/mol. The molecule has 0 aliphatic carbocycles. The van der Waals surface area contributed by atoms with E-state index in [1.54, 1.807) is 0 Å². The zero-order valence-corrected chi connectivity index (χ0v) is 17.9. The van der Waals surface area contributed by atoms with Crippen LogP contribution in [-0.4, -0.2) is 23.4 Å². The van der Waals surface area contributed by atoms with E-state index in [0.717, 1.165) is 39.4 Å². The van der Waals surface area contributed by atoms with Crippen molar-refractivity contribution in [3.05, 3.63) is 58.5 Å². The third-order valence-corrected chi connectivity index (χ3v) is 5.68. The second kappa shape index (κ2) is 8.28. The molecule has 2 aromatic carbocycles. The molecule has 0 spiro atoms. The van der Waals surface area contributed by atoms with E-state index in [2.05, 4.69) is 29.5 Å². The number of aryl methyl sites for hydroxylation is 1. The summed E-state index contributed by atoms with van der Waals surface area (Å²) in [7, 11) is 0. The van der Waals surface area contributed by atoms with Crippen LogP contribution in [0.5, 0.6) is 5.75 Å². The molecule has 6 nitrogen and oxygen atoms in total. The molecule has 0 radical (unpaired) electrons. The molecule has 1 aliphatic heterocycles. The average molecular weight is 422 g/mol. The van der Waals surface area contributed by atoms with Gasteiger partial charge in [-0.05, 0) is 47.7 Å². The second-order valence-electron chi connectivity index (χ2n) is 7.67. The second-order valence-corrected chi connectivity index (χ2v) is 8.53. The summed E-state index contributed by atoms with van der Waals surface area (Å²) >= 11 is 1.36. The molecule has 2 heterocycles. The summed E-state index contributed by atoms with van der Waals surface area (Å²) in [6.45, 7) is 6.11. The molecule has 0 saturated carbocycles. The Morgan fingerprint density at radius 3 is 2.90 bits per heavy atom. The van der Waals surface area contributed by atoms with Crippen LogP contribution in [0.4, 0.5) is 10.8 Å². The van der Waals surface area contributed by atoms with E-state index in [0.29, 0.717) is 17.5 Å². The molecule has 0 atom stereocenters. The Morgan fingerprint density at radius 2 is 2.10 bits per heavy atom. The monoisotopic (exact) mass is 421 g/mol. The SMILES string of the molecule is Cc1ccc(C(C)C)c(OCC(=O)Nc2nc(-c3ccc4c(c3)CC(=O)N4)cs2)c1. The van der Waals surface area contributed by atoms with E-state index in [1.807, 2.05) is 48.7 Å². The molecule has 0 bridgehead atoms. The third kappa shape index (κ3) is 4.36. The van der Waals surface area contributed by atoms with Gasteiger partial charge >= 0.3 is 0 Å². The van der Waals surface area contributed by atoms with E-state index in [1.165, 1.54) is 11.3 Å². The number of hydrogen-bond acceptors (Lipinski definition) is 5. The zero-order valence-electron chi connectivity index (χ0n) is 17.1. The Morgan fingerprint density at radius 1 is 1.27 bits per heavy atom. The Labute approximate surface area is 179 Å². The fourth-order valence-electron chi connectivity index (χ4n) is 3.39. The molecule has 30 heavy (non-hydrogen) atoms. The number of fused-ring (bicyclic) bond motifs is 1. The number of amides is 2. The van der Waals surface area contributed by atoms with Crippen LogP contribution in [0.25, 0.3) is 11.3 Å². The van der Waals surface area contributed by atoms with Gasteiger partial charge in [0, 0.05) is 16.6 Å². The van der Waals surface area contributed by atoms with Crippen LogP contribution in [0.3, 0.4) is 0 Å². The number of ether oxygens (including phenoxy) is 1. The first kappa shape index (κ1) is 20.1. The van der Waals surface area contributed by atoms with Crippen molar-refractivity contribution >= 4 is 34.0 Å². The highest BCUT2D eigenvalue weighted by atomic mass is 32.1. The van der Waals surface area contributed by atoms with Gasteiger partial charge in [0.2, 0.25) is 5.91 Å². The van der Waals surface area contributed by atoms with Gasteiger partial charge in [0.1, 0.15) is 5.75 Å². The molecule has 2 N–H and O–H groups in total. The van der Waals surface area contributed by atoms with Gasteiger partial charge in [0.25, 0.3) is 5.91 Å². The van der Waals surface area contributed by atoms with Crippen LogP contribution in [0, 0.1) is 6.92 Å².